The summed E-state index contributed by atoms with van der Waals surface area (Å²) >= 11 is 0. The molecule has 1 N–H and O–H groups in total. The van der Waals surface area contributed by atoms with E-state index in [0.29, 0.717) is 30.8 Å². The minimum Gasteiger partial charge on any atom is -0.477 e. The van der Waals surface area contributed by atoms with Gasteiger partial charge in [0.25, 0.3) is 0 Å². The quantitative estimate of drug-likeness (QED) is 0.894. The van der Waals surface area contributed by atoms with Gasteiger partial charge in [-0.1, -0.05) is 0 Å². The zero-order valence-electron chi connectivity index (χ0n) is 16.3. The molecule has 0 radical (unpaired) electrons. The number of aromatic carboxylic acids is 1. The Kier molecular flexibility index (Phi) is 4.99. The highest BCUT2D eigenvalue weighted by Crippen LogP contribution is 2.27. The molecule has 1 saturated heterocycles. The number of benzene rings is 1. The number of hydrogen-bond acceptors (Lipinski definition) is 4. The van der Waals surface area contributed by atoms with E-state index in [1.807, 2.05) is 11.8 Å². The number of pyridine rings is 1. The van der Waals surface area contributed by atoms with Gasteiger partial charge < -0.3 is 14.6 Å². The second-order valence-corrected chi connectivity index (χ2v) is 7.93. The number of carbonyl (C=O) groups is 1. The van der Waals surface area contributed by atoms with Crippen LogP contribution in [0.1, 0.15) is 38.1 Å². The van der Waals surface area contributed by atoms with Crippen LogP contribution in [0.2, 0.25) is 0 Å². The fourth-order valence-corrected chi connectivity index (χ4v) is 3.67. The van der Waals surface area contributed by atoms with E-state index >= 15 is 0 Å². The molecular formula is C20H26FN3O3. The SMILES string of the molecule is CCn1cc(C(=O)O)c(=O)c2cc(F)c(N3CCN(C(C)(C)C)CC3)cc21. The van der Waals surface area contributed by atoms with Crippen LogP contribution in [0.5, 0.6) is 0 Å². The van der Waals surface area contributed by atoms with Crippen LogP contribution < -0.4 is 10.3 Å². The van der Waals surface area contributed by atoms with Gasteiger partial charge in [0, 0.05) is 49.8 Å². The lowest BCUT2D eigenvalue weighted by molar-refractivity contribution is 0.0695. The van der Waals surface area contributed by atoms with Gasteiger partial charge in [0.05, 0.1) is 11.2 Å². The standard InChI is InChI=1S/C20H26FN3O3/c1-5-22-12-14(19(26)27)18(25)13-10-15(21)17(11-16(13)22)23-6-8-24(9-7-23)20(2,3)4/h10-12H,5-9H2,1-4H3,(H,26,27). The zero-order valence-corrected chi connectivity index (χ0v) is 16.3. The molecule has 2 heterocycles. The summed E-state index contributed by atoms with van der Waals surface area (Å²) in [4.78, 5) is 28.1. The Labute approximate surface area is 157 Å². The Morgan fingerprint density at radius 3 is 2.33 bits per heavy atom. The number of aryl methyl sites for hydroxylation is 1. The summed E-state index contributed by atoms with van der Waals surface area (Å²) in [7, 11) is 0. The van der Waals surface area contributed by atoms with Crippen molar-refractivity contribution in [2.75, 3.05) is 31.1 Å². The molecule has 3 rings (SSSR count). The van der Waals surface area contributed by atoms with E-state index < -0.39 is 17.2 Å². The van der Waals surface area contributed by atoms with E-state index in [-0.39, 0.29) is 16.5 Å². The summed E-state index contributed by atoms with van der Waals surface area (Å²) in [5.74, 6) is -1.79. The Balaban J connectivity index is 2.04. The van der Waals surface area contributed by atoms with E-state index in [2.05, 4.69) is 25.7 Å². The normalized spacial score (nSPS) is 16.1. The maximum atomic E-state index is 14.8. The second kappa shape index (κ2) is 6.96. The van der Waals surface area contributed by atoms with Crippen molar-refractivity contribution in [3.8, 4) is 0 Å². The number of nitrogens with zero attached hydrogens (tertiary/aromatic N) is 3. The maximum absolute atomic E-state index is 14.8. The lowest BCUT2D eigenvalue weighted by Crippen LogP contribution is -2.53. The Bertz CT molecular complexity index is 938. The zero-order chi connectivity index (χ0) is 19.9. The van der Waals surface area contributed by atoms with Gasteiger partial charge in [-0.2, -0.15) is 0 Å². The number of rotatable bonds is 3. The van der Waals surface area contributed by atoms with Crippen LogP contribution in [0.3, 0.4) is 0 Å². The molecule has 0 aliphatic carbocycles. The number of anilines is 1. The monoisotopic (exact) mass is 375 g/mol. The summed E-state index contributed by atoms with van der Waals surface area (Å²) in [5, 5.41) is 9.35. The van der Waals surface area contributed by atoms with Crippen molar-refractivity contribution in [2.24, 2.45) is 0 Å². The number of hydrogen-bond donors (Lipinski definition) is 1. The topological polar surface area (TPSA) is 65.8 Å². The first kappa shape index (κ1) is 19.4. The van der Waals surface area contributed by atoms with Gasteiger partial charge >= 0.3 is 5.97 Å². The number of fused-ring (bicyclic) bond motifs is 1. The van der Waals surface area contributed by atoms with Crippen molar-refractivity contribution in [2.45, 2.75) is 39.8 Å². The summed E-state index contributed by atoms with van der Waals surface area (Å²) in [6.45, 7) is 11.9. The van der Waals surface area contributed by atoms with Crippen LogP contribution in [0.4, 0.5) is 10.1 Å². The van der Waals surface area contributed by atoms with Crippen LogP contribution in [-0.4, -0.2) is 52.3 Å². The third-order valence-electron chi connectivity index (χ3n) is 5.29. The van der Waals surface area contributed by atoms with E-state index in [4.69, 9.17) is 0 Å². The molecule has 6 nitrogen and oxygen atoms in total. The maximum Gasteiger partial charge on any atom is 0.341 e. The molecule has 0 saturated carbocycles. The predicted octanol–water partition coefficient (Wildman–Crippen LogP) is 2.78. The van der Waals surface area contributed by atoms with Gasteiger partial charge in [-0.05, 0) is 39.8 Å². The van der Waals surface area contributed by atoms with E-state index in [1.165, 1.54) is 12.3 Å². The van der Waals surface area contributed by atoms with Crippen molar-refractivity contribution < 1.29 is 14.3 Å². The van der Waals surface area contributed by atoms with E-state index in [0.717, 1.165) is 13.1 Å². The largest absolute Gasteiger partial charge is 0.477 e. The Morgan fingerprint density at radius 2 is 1.81 bits per heavy atom. The molecule has 0 amide bonds. The molecule has 27 heavy (non-hydrogen) atoms. The highest BCUT2D eigenvalue weighted by Gasteiger charge is 2.27. The molecule has 0 spiro atoms. The molecule has 1 aliphatic rings. The van der Waals surface area contributed by atoms with E-state index in [9.17, 15) is 19.1 Å². The number of aromatic nitrogens is 1. The Hall–Kier alpha value is -2.41. The smallest absolute Gasteiger partial charge is 0.341 e. The summed E-state index contributed by atoms with van der Waals surface area (Å²) in [5.41, 5.74) is 0.104. The molecule has 2 aromatic rings. The predicted molar refractivity (Wildman–Crippen MR) is 104 cm³/mol. The Morgan fingerprint density at radius 1 is 1.19 bits per heavy atom. The lowest BCUT2D eigenvalue weighted by atomic mass is 10.0. The molecule has 0 unspecified atom stereocenters. The van der Waals surface area contributed by atoms with Crippen LogP contribution in [0.15, 0.2) is 23.1 Å². The highest BCUT2D eigenvalue weighted by molar-refractivity contribution is 5.93. The summed E-state index contributed by atoms with van der Waals surface area (Å²) in [6, 6.07) is 2.86. The van der Waals surface area contributed by atoms with Crippen molar-refractivity contribution in [1.82, 2.24) is 9.47 Å². The fourth-order valence-electron chi connectivity index (χ4n) is 3.67. The number of piperazine rings is 1. The molecule has 1 aromatic carbocycles. The summed E-state index contributed by atoms with van der Waals surface area (Å²) < 4.78 is 16.5. The van der Waals surface area contributed by atoms with Gasteiger partial charge in [0.1, 0.15) is 11.4 Å². The van der Waals surface area contributed by atoms with Crippen molar-refractivity contribution >= 4 is 22.6 Å². The molecule has 146 valence electrons. The number of carboxylic acid groups (broad SMARTS) is 1. The lowest BCUT2D eigenvalue weighted by Gasteiger charge is -2.43. The molecule has 1 fully saturated rings. The molecule has 0 bridgehead atoms. The van der Waals surface area contributed by atoms with Crippen LogP contribution >= 0.6 is 0 Å². The minimum absolute atomic E-state index is 0.0734. The first-order valence-electron chi connectivity index (χ1n) is 9.23. The van der Waals surface area contributed by atoms with E-state index in [1.54, 1.807) is 10.6 Å². The van der Waals surface area contributed by atoms with Crippen molar-refractivity contribution in [3.63, 3.8) is 0 Å². The third-order valence-corrected chi connectivity index (χ3v) is 5.29. The van der Waals surface area contributed by atoms with Crippen LogP contribution in [-0.2, 0) is 6.54 Å². The van der Waals surface area contributed by atoms with Gasteiger partial charge in [0.2, 0.25) is 5.43 Å². The first-order valence-corrected chi connectivity index (χ1v) is 9.23. The molecular weight excluding hydrogens is 349 g/mol. The molecule has 1 aromatic heterocycles. The molecule has 1 aliphatic heterocycles. The molecule has 0 atom stereocenters. The van der Waals surface area contributed by atoms with Gasteiger partial charge in [-0.15, -0.1) is 0 Å². The second-order valence-electron chi connectivity index (χ2n) is 7.93. The van der Waals surface area contributed by atoms with Crippen LogP contribution in [0.25, 0.3) is 10.9 Å². The highest BCUT2D eigenvalue weighted by atomic mass is 19.1. The molecule has 7 heteroatoms. The first-order chi connectivity index (χ1) is 12.6. The van der Waals surface area contributed by atoms with Crippen LogP contribution in [0, 0.1) is 5.82 Å². The summed E-state index contributed by atoms with van der Waals surface area (Å²) in [6.07, 6.45) is 1.34. The van der Waals surface area contributed by atoms with Gasteiger partial charge in [-0.3, -0.25) is 9.69 Å². The van der Waals surface area contributed by atoms with Gasteiger partial charge in [-0.25, -0.2) is 9.18 Å². The third kappa shape index (κ3) is 3.56. The van der Waals surface area contributed by atoms with Crippen molar-refractivity contribution in [1.29, 1.82) is 0 Å². The minimum atomic E-state index is -1.30. The van der Waals surface area contributed by atoms with Crippen molar-refractivity contribution in [3.05, 3.63) is 39.9 Å². The number of carboxylic acids is 1. The average molecular weight is 375 g/mol. The van der Waals surface area contributed by atoms with Gasteiger partial charge in [0.15, 0.2) is 0 Å². The average Bonchev–Trinajstić information content (AvgIpc) is 2.61. The number of halogens is 1. The fraction of sp³-hybridized carbons (Fsp3) is 0.500.